The summed E-state index contributed by atoms with van der Waals surface area (Å²) in [6.45, 7) is 4.95. The van der Waals surface area contributed by atoms with E-state index in [-0.39, 0.29) is 11.7 Å². The van der Waals surface area contributed by atoms with Crippen molar-refractivity contribution < 1.29 is 14.6 Å². The van der Waals surface area contributed by atoms with Crippen LogP contribution in [0.25, 0.3) is 10.8 Å². The molecule has 28 heavy (non-hydrogen) atoms. The summed E-state index contributed by atoms with van der Waals surface area (Å²) in [5.74, 6) is 1.11. The molecule has 0 bridgehead atoms. The minimum atomic E-state index is -0.329. The van der Waals surface area contributed by atoms with E-state index in [1.54, 1.807) is 30.3 Å². The van der Waals surface area contributed by atoms with E-state index >= 15 is 0 Å². The molecule has 144 valence electrons. The molecule has 0 fully saturated rings. The van der Waals surface area contributed by atoms with Crippen LogP contribution in [0.15, 0.2) is 65.8 Å². The summed E-state index contributed by atoms with van der Waals surface area (Å²) in [7, 11) is 0. The molecule has 3 rings (SSSR count). The van der Waals surface area contributed by atoms with E-state index in [1.165, 1.54) is 6.21 Å². The van der Waals surface area contributed by atoms with Crippen LogP contribution in [-0.4, -0.2) is 23.8 Å². The van der Waals surface area contributed by atoms with Crippen LogP contribution in [-0.2, 0) is 0 Å². The van der Waals surface area contributed by atoms with Gasteiger partial charge in [-0.2, -0.15) is 5.10 Å². The number of hydrogen-bond donors (Lipinski definition) is 2. The minimum Gasteiger partial charge on any atom is -0.507 e. The largest absolute Gasteiger partial charge is 0.507 e. The number of benzene rings is 3. The molecule has 5 nitrogen and oxygen atoms in total. The van der Waals surface area contributed by atoms with E-state index in [4.69, 9.17) is 4.74 Å². The van der Waals surface area contributed by atoms with Crippen LogP contribution in [0.1, 0.15) is 36.2 Å². The highest BCUT2D eigenvalue weighted by atomic mass is 16.5. The highest BCUT2D eigenvalue weighted by Gasteiger charge is 2.07. The monoisotopic (exact) mass is 376 g/mol. The second kappa shape index (κ2) is 9.04. The van der Waals surface area contributed by atoms with Gasteiger partial charge in [-0.3, -0.25) is 4.79 Å². The second-order valence-electron chi connectivity index (χ2n) is 6.97. The van der Waals surface area contributed by atoms with E-state index in [0.29, 0.717) is 23.7 Å². The van der Waals surface area contributed by atoms with Crippen LogP contribution < -0.4 is 10.2 Å². The summed E-state index contributed by atoms with van der Waals surface area (Å²) < 4.78 is 5.66. The maximum atomic E-state index is 12.3. The number of aromatic hydroxyl groups is 1. The number of phenolic OH excluding ortho intramolecular Hbond substituents is 1. The molecule has 5 heteroatoms. The number of amides is 1. The molecule has 0 unspecified atom stereocenters. The molecule has 3 aromatic carbocycles. The van der Waals surface area contributed by atoms with Crippen LogP contribution >= 0.6 is 0 Å². The van der Waals surface area contributed by atoms with Gasteiger partial charge in [-0.05, 0) is 53.4 Å². The molecule has 0 spiro atoms. The average Bonchev–Trinajstić information content (AvgIpc) is 2.70. The van der Waals surface area contributed by atoms with Gasteiger partial charge in [0.25, 0.3) is 5.91 Å². The lowest BCUT2D eigenvalue weighted by Crippen LogP contribution is -2.17. The number of hydrogen-bond acceptors (Lipinski definition) is 4. The van der Waals surface area contributed by atoms with Crippen molar-refractivity contribution in [2.45, 2.75) is 20.3 Å². The normalized spacial score (nSPS) is 11.2. The molecule has 0 aliphatic rings. The zero-order valence-electron chi connectivity index (χ0n) is 16.1. The summed E-state index contributed by atoms with van der Waals surface area (Å²) in [6, 6.07) is 18.1. The van der Waals surface area contributed by atoms with Crippen LogP contribution in [0.3, 0.4) is 0 Å². The van der Waals surface area contributed by atoms with Crippen LogP contribution in [0.5, 0.6) is 11.5 Å². The van der Waals surface area contributed by atoms with E-state index in [2.05, 4.69) is 24.4 Å². The van der Waals surface area contributed by atoms with Gasteiger partial charge >= 0.3 is 0 Å². The first-order valence-corrected chi connectivity index (χ1v) is 9.31. The SMILES string of the molecule is CC(C)CCOc1ccc(C(=O)NN=Cc2c(O)ccc3ccccc23)cc1. The lowest BCUT2D eigenvalue weighted by atomic mass is 10.0. The van der Waals surface area contributed by atoms with Crippen molar-refractivity contribution in [2.75, 3.05) is 6.61 Å². The third-order valence-electron chi connectivity index (χ3n) is 4.39. The molecule has 0 aliphatic carbocycles. The van der Waals surface area contributed by atoms with Gasteiger partial charge in [0.15, 0.2) is 0 Å². The molecule has 0 radical (unpaired) electrons. The highest BCUT2D eigenvalue weighted by molar-refractivity contribution is 6.03. The van der Waals surface area contributed by atoms with Crippen molar-refractivity contribution in [3.63, 3.8) is 0 Å². The molecule has 0 heterocycles. The molecular formula is C23H24N2O3. The fourth-order valence-corrected chi connectivity index (χ4v) is 2.75. The van der Waals surface area contributed by atoms with Crippen molar-refractivity contribution in [3.8, 4) is 11.5 Å². The number of rotatable bonds is 7. The average molecular weight is 376 g/mol. The van der Waals surface area contributed by atoms with E-state index in [0.717, 1.165) is 22.9 Å². The fraction of sp³-hybridized carbons (Fsp3) is 0.217. The lowest BCUT2D eigenvalue weighted by Gasteiger charge is -2.08. The summed E-state index contributed by atoms with van der Waals surface area (Å²) in [5, 5.41) is 16.0. The topological polar surface area (TPSA) is 70.9 Å². The first kappa shape index (κ1) is 19.4. The number of hydrazone groups is 1. The molecule has 0 atom stereocenters. The highest BCUT2D eigenvalue weighted by Crippen LogP contribution is 2.25. The third kappa shape index (κ3) is 4.88. The van der Waals surface area contributed by atoms with Crippen molar-refractivity contribution in [1.29, 1.82) is 0 Å². The minimum absolute atomic E-state index is 0.111. The molecule has 0 aromatic heterocycles. The lowest BCUT2D eigenvalue weighted by molar-refractivity contribution is 0.0955. The third-order valence-corrected chi connectivity index (χ3v) is 4.39. The van der Waals surface area contributed by atoms with Gasteiger partial charge in [-0.15, -0.1) is 0 Å². The van der Waals surface area contributed by atoms with Crippen molar-refractivity contribution >= 4 is 22.9 Å². The summed E-state index contributed by atoms with van der Waals surface area (Å²) >= 11 is 0. The van der Waals surface area contributed by atoms with Crippen molar-refractivity contribution in [1.82, 2.24) is 5.43 Å². The van der Waals surface area contributed by atoms with Gasteiger partial charge in [-0.25, -0.2) is 5.43 Å². The first-order chi connectivity index (χ1) is 13.5. The maximum absolute atomic E-state index is 12.3. The van der Waals surface area contributed by atoms with Crippen LogP contribution in [0.2, 0.25) is 0 Å². The molecular weight excluding hydrogens is 352 g/mol. The van der Waals surface area contributed by atoms with Crippen molar-refractivity contribution in [2.24, 2.45) is 11.0 Å². The Bertz CT molecular complexity index is 979. The Kier molecular flexibility index (Phi) is 6.27. The van der Waals surface area contributed by atoms with Gasteiger partial charge < -0.3 is 9.84 Å². The maximum Gasteiger partial charge on any atom is 0.271 e. The quantitative estimate of drug-likeness (QED) is 0.462. The Morgan fingerprint density at radius 1 is 1.11 bits per heavy atom. The number of fused-ring (bicyclic) bond motifs is 1. The van der Waals surface area contributed by atoms with Gasteiger partial charge in [0.2, 0.25) is 0 Å². The van der Waals surface area contributed by atoms with Gasteiger partial charge in [0, 0.05) is 11.1 Å². The summed E-state index contributed by atoms with van der Waals surface area (Å²) in [6.07, 6.45) is 2.44. The van der Waals surface area contributed by atoms with Crippen LogP contribution in [0.4, 0.5) is 0 Å². The number of nitrogens with one attached hydrogen (secondary N) is 1. The van der Waals surface area contributed by atoms with Gasteiger partial charge in [0.1, 0.15) is 11.5 Å². The molecule has 0 aliphatic heterocycles. The Labute approximate surface area is 164 Å². The summed E-state index contributed by atoms with van der Waals surface area (Å²) in [4.78, 5) is 12.3. The van der Waals surface area contributed by atoms with E-state index < -0.39 is 0 Å². The Hall–Kier alpha value is -3.34. The first-order valence-electron chi connectivity index (χ1n) is 9.31. The molecule has 0 saturated carbocycles. The number of phenols is 1. The molecule has 2 N–H and O–H groups in total. The van der Waals surface area contributed by atoms with E-state index in [1.807, 2.05) is 30.3 Å². The molecule has 3 aromatic rings. The fourth-order valence-electron chi connectivity index (χ4n) is 2.75. The number of nitrogens with zero attached hydrogens (tertiary/aromatic N) is 1. The summed E-state index contributed by atoms with van der Waals surface area (Å²) in [5.41, 5.74) is 3.54. The van der Waals surface area contributed by atoms with Crippen LogP contribution in [0, 0.1) is 5.92 Å². The predicted molar refractivity (Wildman–Crippen MR) is 112 cm³/mol. The number of carbonyl (C=O) groups is 1. The van der Waals surface area contributed by atoms with Gasteiger partial charge in [-0.1, -0.05) is 44.2 Å². The van der Waals surface area contributed by atoms with Gasteiger partial charge in [0.05, 0.1) is 12.8 Å². The second-order valence-corrected chi connectivity index (χ2v) is 6.97. The van der Waals surface area contributed by atoms with E-state index in [9.17, 15) is 9.90 Å². The zero-order valence-corrected chi connectivity index (χ0v) is 16.1. The Balaban J connectivity index is 1.63. The number of ether oxygens (including phenoxy) is 1. The van der Waals surface area contributed by atoms with Crippen molar-refractivity contribution in [3.05, 3.63) is 71.8 Å². The Morgan fingerprint density at radius 2 is 1.86 bits per heavy atom. The Morgan fingerprint density at radius 3 is 2.61 bits per heavy atom. The number of carbonyl (C=O) groups excluding carboxylic acids is 1. The standard InChI is InChI=1S/C23H24N2O3/c1-16(2)13-14-28-19-10-7-18(8-11-19)23(27)25-24-15-21-20-6-4-3-5-17(20)9-12-22(21)26/h3-12,15-16,26H,13-14H2,1-2H3,(H,25,27). The zero-order chi connectivity index (χ0) is 19.9. The molecule has 1 amide bonds. The molecule has 0 saturated heterocycles. The predicted octanol–water partition coefficient (Wildman–Crippen LogP) is 4.73. The smallest absolute Gasteiger partial charge is 0.271 e.